The molecule has 1 heterocycles. The number of H-pyrrole nitrogens is 1. The van der Waals surface area contributed by atoms with E-state index in [-0.39, 0.29) is 12.8 Å². The van der Waals surface area contributed by atoms with Crippen LogP contribution in [0.4, 0.5) is 8.78 Å². The first-order chi connectivity index (χ1) is 10.6. The maximum atomic E-state index is 13.2. The lowest BCUT2D eigenvalue weighted by Gasteiger charge is -2.27. The maximum absolute atomic E-state index is 13.2. The molecule has 0 bridgehead atoms. The molecule has 2 aromatic carbocycles. The zero-order valence-electron chi connectivity index (χ0n) is 12.3. The molecule has 0 radical (unpaired) electrons. The minimum atomic E-state index is -2.46. The van der Waals surface area contributed by atoms with Crippen molar-refractivity contribution in [1.82, 2.24) is 9.97 Å². The Kier molecular flexibility index (Phi) is 3.13. The SMILES string of the molecule is FC1(F)CCC(Cc2nc3c(ccc4ccccc43)[nH]2)CC1. The largest absolute Gasteiger partial charge is 0.342 e. The van der Waals surface area contributed by atoms with E-state index in [9.17, 15) is 8.78 Å². The molecule has 4 heteroatoms. The Hall–Kier alpha value is -1.97. The number of halogens is 2. The molecular formula is C18H18F2N2. The first kappa shape index (κ1) is 13.7. The van der Waals surface area contributed by atoms with Gasteiger partial charge < -0.3 is 4.98 Å². The third-order valence-corrected chi connectivity index (χ3v) is 4.75. The van der Waals surface area contributed by atoms with Crippen molar-refractivity contribution in [3.63, 3.8) is 0 Å². The summed E-state index contributed by atoms with van der Waals surface area (Å²) in [5, 5.41) is 2.31. The van der Waals surface area contributed by atoms with Crippen LogP contribution in [0.3, 0.4) is 0 Å². The van der Waals surface area contributed by atoms with Gasteiger partial charge in [-0.05, 0) is 30.2 Å². The number of hydrogen-bond acceptors (Lipinski definition) is 1. The molecule has 0 atom stereocenters. The third-order valence-electron chi connectivity index (χ3n) is 4.75. The van der Waals surface area contributed by atoms with Crippen molar-refractivity contribution in [2.24, 2.45) is 5.92 Å². The Morgan fingerprint density at radius 1 is 1.09 bits per heavy atom. The number of alkyl halides is 2. The highest BCUT2D eigenvalue weighted by Crippen LogP contribution is 2.37. The first-order valence-electron chi connectivity index (χ1n) is 7.85. The van der Waals surface area contributed by atoms with Crippen LogP contribution < -0.4 is 0 Å². The van der Waals surface area contributed by atoms with Gasteiger partial charge in [-0.15, -0.1) is 0 Å². The molecule has 3 aromatic rings. The summed E-state index contributed by atoms with van der Waals surface area (Å²) in [6, 6.07) is 12.3. The van der Waals surface area contributed by atoms with Gasteiger partial charge in [0.05, 0.1) is 11.0 Å². The molecule has 1 aliphatic rings. The molecule has 1 aliphatic carbocycles. The van der Waals surface area contributed by atoms with E-state index in [1.807, 2.05) is 18.2 Å². The number of nitrogens with zero attached hydrogens (tertiary/aromatic N) is 1. The summed E-state index contributed by atoms with van der Waals surface area (Å²) >= 11 is 0. The molecule has 22 heavy (non-hydrogen) atoms. The van der Waals surface area contributed by atoms with Gasteiger partial charge in [-0.2, -0.15) is 0 Å². The quantitative estimate of drug-likeness (QED) is 0.702. The van der Waals surface area contributed by atoms with Crippen molar-refractivity contribution in [3.8, 4) is 0 Å². The number of imidazole rings is 1. The standard InChI is InChI=1S/C18H18F2N2/c19-18(20)9-7-12(8-10-18)11-16-21-15-6-5-13-3-1-2-4-14(13)17(15)22-16/h1-6,12H,7-11H2,(H,21,22). The first-order valence-corrected chi connectivity index (χ1v) is 7.85. The monoisotopic (exact) mass is 300 g/mol. The topological polar surface area (TPSA) is 28.7 Å². The van der Waals surface area contributed by atoms with Crippen LogP contribution in [-0.4, -0.2) is 15.9 Å². The van der Waals surface area contributed by atoms with Crippen molar-refractivity contribution >= 4 is 21.8 Å². The minimum absolute atomic E-state index is 0.0147. The molecule has 2 nitrogen and oxygen atoms in total. The summed E-state index contributed by atoms with van der Waals surface area (Å²) in [5.41, 5.74) is 2.00. The molecule has 0 spiro atoms. The molecule has 1 saturated carbocycles. The zero-order chi connectivity index (χ0) is 15.2. The maximum Gasteiger partial charge on any atom is 0.248 e. The normalized spacial score (nSPS) is 19.0. The molecule has 114 valence electrons. The summed E-state index contributed by atoms with van der Waals surface area (Å²) < 4.78 is 26.5. The summed E-state index contributed by atoms with van der Waals surface area (Å²) in [7, 11) is 0. The van der Waals surface area contributed by atoms with Gasteiger partial charge in [0.1, 0.15) is 5.82 Å². The van der Waals surface area contributed by atoms with Gasteiger partial charge in [0.25, 0.3) is 0 Å². The third kappa shape index (κ3) is 2.47. The van der Waals surface area contributed by atoms with E-state index in [2.05, 4.69) is 23.2 Å². The molecule has 0 amide bonds. The summed E-state index contributed by atoms with van der Waals surface area (Å²) in [5.74, 6) is -1.23. The Bertz CT molecular complexity index is 812. The molecule has 4 rings (SSSR count). The van der Waals surface area contributed by atoms with E-state index < -0.39 is 5.92 Å². The van der Waals surface area contributed by atoms with Crippen LogP contribution in [0, 0.1) is 5.92 Å². The molecule has 1 aromatic heterocycles. The van der Waals surface area contributed by atoms with Crippen molar-refractivity contribution in [3.05, 3.63) is 42.2 Å². The Morgan fingerprint density at radius 3 is 2.68 bits per heavy atom. The lowest BCUT2D eigenvalue weighted by molar-refractivity contribution is -0.0458. The Labute approximate surface area is 127 Å². The predicted octanol–water partition coefficient (Wildman–Crippen LogP) is 5.08. The van der Waals surface area contributed by atoms with E-state index in [1.54, 1.807) is 0 Å². The van der Waals surface area contributed by atoms with E-state index in [0.717, 1.165) is 28.7 Å². The van der Waals surface area contributed by atoms with Gasteiger partial charge in [0.15, 0.2) is 0 Å². The number of aromatic amines is 1. The molecule has 0 saturated heterocycles. The van der Waals surface area contributed by atoms with Crippen LogP contribution in [0.1, 0.15) is 31.5 Å². The van der Waals surface area contributed by atoms with E-state index >= 15 is 0 Å². The van der Waals surface area contributed by atoms with Crippen LogP contribution in [-0.2, 0) is 6.42 Å². The Balaban J connectivity index is 1.62. The number of fused-ring (bicyclic) bond motifs is 3. The van der Waals surface area contributed by atoms with Gasteiger partial charge in [-0.3, -0.25) is 0 Å². The van der Waals surface area contributed by atoms with E-state index in [1.165, 1.54) is 5.39 Å². The van der Waals surface area contributed by atoms with Crippen LogP contribution in [0.2, 0.25) is 0 Å². The van der Waals surface area contributed by atoms with E-state index in [4.69, 9.17) is 4.98 Å². The summed E-state index contributed by atoms with van der Waals surface area (Å²) in [6.07, 6.45) is 1.97. The Morgan fingerprint density at radius 2 is 1.86 bits per heavy atom. The van der Waals surface area contributed by atoms with Gasteiger partial charge >= 0.3 is 0 Å². The van der Waals surface area contributed by atoms with Crippen LogP contribution in [0.15, 0.2) is 36.4 Å². The second-order valence-electron chi connectivity index (χ2n) is 6.37. The second-order valence-corrected chi connectivity index (χ2v) is 6.37. The smallest absolute Gasteiger partial charge is 0.248 e. The fourth-order valence-corrected chi connectivity index (χ4v) is 3.47. The number of nitrogens with one attached hydrogen (secondary N) is 1. The minimum Gasteiger partial charge on any atom is -0.342 e. The average molecular weight is 300 g/mol. The van der Waals surface area contributed by atoms with Gasteiger partial charge in [-0.25, -0.2) is 13.8 Å². The predicted molar refractivity (Wildman–Crippen MR) is 84.2 cm³/mol. The molecule has 0 aliphatic heterocycles. The lowest BCUT2D eigenvalue weighted by atomic mass is 9.85. The number of aromatic nitrogens is 2. The molecular weight excluding hydrogens is 282 g/mol. The molecule has 0 unspecified atom stereocenters. The van der Waals surface area contributed by atoms with Crippen LogP contribution in [0.25, 0.3) is 21.8 Å². The highest BCUT2D eigenvalue weighted by atomic mass is 19.3. The second kappa shape index (κ2) is 5.04. The molecule has 1 fully saturated rings. The van der Waals surface area contributed by atoms with Crippen molar-refractivity contribution in [1.29, 1.82) is 0 Å². The van der Waals surface area contributed by atoms with Gasteiger partial charge in [-0.1, -0.05) is 30.3 Å². The van der Waals surface area contributed by atoms with Crippen LogP contribution >= 0.6 is 0 Å². The van der Waals surface area contributed by atoms with Crippen molar-refractivity contribution in [2.45, 2.75) is 38.0 Å². The van der Waals surface area contributed by atoms with Crippen molar-refractivity contribution in [2.75, 3.05) is 0 Å². The fraction of sp³-hybridized carbons (Fsp3) is 0.389. The van der Waals surface area contributed by atoms with Gasteiger partial charge in [0, 0.05) is 24.6 Å². The van der Waals surface area contributed by atoms with Crippen LogP contribution in [0.5, 0.6) is 0 Å². The van der Waals surface area contributed by atoms with Gasteiger partial charge in [0.2, 0.25) is 5.92 Å². The van der Waals surface area contributed by atoms with Crippen molar-refractivity contribution < 1.29 is 8.78 Å². The van der Waals surface area contributed by atoms with E-state index in [0.29, 0.717) is 18.8 Å². The lowest BCUT2D eigenvalue weighted by Crippen LogP contribution is -2.25. The summed E-state index contributed by atoms with van der Waals surface area (Å²) in [4.78, 5) is 8.09. The molecule has 1 N–H and O–H groups in total. The number of benzene rings is 2. The average Bonchev–Trinajstić information content (AvgIpc) is 2.92. The number of hydrogen-bond donors (Lipinski definition) is 1. The summed E-state index contributed by atoms with van der Waals surface area (Å²) in [6.45, 7) is 0. The highest BCUT2D eigenvalue weighted by molar-refractivity contribution is 6.04. The zero-order valence-corrected chi connectivity index (χ0v) is 12.3. The fourth-order valence-electron chi connectivity index (χ4n) is 3.47. The highest BCUT2D eigenvalue weighted by Gasteiger charge is 2.35. The number of rotatable bonds is 2.